The fraction of sp³-hybridized carbons (Fsp3) is 0.261. The number of hydrogen-bond donors (Lipinski definition) is 1. The highest BCUT2D eigenvalue weighted by Crippen LogP contribution is 2.32. The number of carbonyl (C=O) groups is 1. The summed E-state index contributed by atoms with van der Waals surface area (Å²) < 4.78 is 0. The number of benzene rings is 1. The zero-order valence-electron chi connectivity index (χ0n) is 16.0. The molecule has 0 aliphatic carbocycles. The van der Waals surface area contributed by atoms with Gasteiger partial charge in [0.25, 0.3) is 5.91 Å². The first-order valence-electron chi connectivity index (χ1n) is 9.66. The number of aryl methyl sites for hydroxylation is 1. The minimum absolute atomic E-state index is 0.114. The van der Waals surface area contributed by atoms with Gasteiger partial charge in [-0.3, -0.25) is 19.7 Å². The minimum Gasteiger partial charge on any atom is -0.321 e. The molecule has 1 N–H and O–H groups in total. The average molecular weight is 372 g/mol. The lowest BCUT2D eigenvalue weighted by atomic mass is 10.1. The van der Waals surface area contributed by atoms with E-state index in [2.05, 4.69) is 32.3 Å². The van der Waals surface area contributed by atoms with E-state index in [1.807, 2.05) is 49.5 Å². The molecule has 0 saturated carbocycles. The van der Waals surface area contributed by atoms with E-state index in [1.54, 1.807) is 12.4 Å². The van der Waals surface area contributed by atoms with Gasteiger partial charge in [0.15, 0.2) is 0 Å². The lowest BCUT2D eigenvalue weighted by Gasteiger charge is -2.24. The standard InChI is InChI=1S/C23H24N4O/c1-17-12-20(15-24-14-17)26-23(28)19-7-4-6-18(13-19)16-27-11-5-9-22(27)21-8-2-3-10-25-21/h2-4,6-8,10,12-15,22H,5,9,11,16H2,1H3,(H,26,28)/t22-/m0/s1. The molecule has 3 aromatic rings. The molecule has 1 fully saturated rings. The van der Waals surface area contributed by atoms with Crippen LogP contribution in [0.1, 0.15) is 46.1 Å². The minimum atomic E-state index is -0.114. The Balaban J connectivity index is 1.47. The number of likely N-dealkylation sites (tertiary alicyclic amines) is 1. The van der Waals surface area contributed by atoms with Gasteiger partial charge in [0.1, 0.15) is 0 Å². The van der Waals surface area contributed by atoms with Crippen LogP contribution < -0.4 is 5.32 Å². The van der Waals surface area contributed by atoms with Crippen LogP contribution in [0.2, 0.25) is 0 Å². The van der Waals surface area contributed by atoms with E-state index < -0.39 is 0 Å². The molecule has 1 atom stereocenters. The van der Waals surface area contributed by atoms with E-state index in [1.165, 1.54) is 6.42 Å². The number of aromatic nitrogens is 2. The van der Waals surface area contributed by atoms with Crippen LogP contribution in [0.15, 0.2) is 67.1 Å². The van der Waals surface area contributed by atoms with Gasteiger partial charge in [-0.05, 0) is 67.8 Å². The van der Waals surface area contributed by atoms with Gasteiger partial charge in [0.2, 0.25) is 0 Å². The van der Waals surface area contributed by atoms with Crippen LogP contribution in [0.4, 0.5) is 5.69 Å². The molecule has 1 aromatic carbocycles. The van der Waals surface area contributed by atoms with E-state index in [0.29, 0.717) is 17.3 Å². The Kier molecular flexibility index (Phi) is 5.44. The summed E-state index contributed by atoms with van der Waals surface area (Å²) in [6, 6.07) is 16.2. The molecular weight excluding hydrogens is 348 g/mol. The highest BCUT2D eigenvalue weighted by molar-refractivity contribution is 6.04. The molecular formula is C23H24N4O. The first-order valence-corrected chi connectivity index (χ1v) is 9.66. The topological polar surface area (TPSA) is 58.1 Å². The van der Waals surface area contributed by atoms with Gasteiger partial charge < -0.3 is 5.32 Å². The molecule has 0 radical (unpaired) electrons. The van der Waals surface area contributed by atoms with E-state index >= 15 is 0 Å². The van der Waals surface area contributed by atoms with Gasteiger partial charge in [-0.25, -0.2) is 0 Å². The predicted octanol–water partition coefficient (Wildman–Crippen LogP) is 4.37. The molecule has 0 spiro atoms. The summed E-state index contributed by atoms with van der Waals surface area (Å²) in [7, 11) is 0. The van der Waals surface area contributed by atoms with Crippen molar-refractivity contribution in [3.8, 4) is 0 Å². The van der Waals surface area contributed by atoms with E-state index in [0.717, 1.165) is 36.3 Å². The number of hydrogen-bond acceptors (Lipinski definition) is 4. The molecule has 2 aromatic heterocycles. The van der Waals surface area contributed by atoms with Gasteiger partial charge in [-0.1, -0.05) is 18.2 Å². The lowest BCUT2D eigenvalue weighted by Crippen LogP contribution is -2.23. The van der Waals surface area contributed by atoms with Crippen molar-refractivity contribution in [2.24, 2.45) is 0 Å². The van der Waals surface area contributed by atoms with Crippen LogP contribution in [-0.4, -0.2) is 27.3 Å². The molecule has 1 saturated heterocycles. The third kappa shape index (κ3) is 4.26. The Morgan fingerprint density at radius 1 is 1.18 bits per heavy atom. The first kappa shape index (κ1) is 18.3. The average Bonchev–Trinajstić information content (AvgIpc) is 3.17. The quantitative estimate of drug-likeness (QED) is 0.722. The summed E-state index contributed by atoms with van der Waals surface area (Å²) in [5.74, 6) is -0.114. The number of nitrogens with one attached hydrogen (secondary N) is 1. The van der Waals surface area contributed by atoms with Crippen molar-refractivity contribution in [1.82, 2.24) is 14.9 Å². The van der Waals surface area contributed by atoms with Crippen LogP contribution in [0.25, 0.3) is 0 Å². The molecule has 0 bridgehead atoms. The van der Waals surface area contributed by atoms with E-state index in [4.69, 9.17) is 0 Å². The van der Waals surface area contributed by atoms with Crippen molar-refractivity contribution >= 4 is 11.6 Å². The van der Waals surface area contributed by atoms with Gasteiger partial charge in [-0.15, -0.1) is 0 Å². The molecule has 142 valence electrons. The normalized spacial score (nSPS) is 16.8. The fourth-order valence-corrected chi connectivity index (χ4v) is 3.80. The molecule has 1 aliphatic heterocycles. The molecule has 1 aliphatic rings. The third-order valence-corrected chi connectivity index (χ3v) is 5.10. The van der Waals surface area contributed by atoms with Gasteiger partial charge in [-0.2, -0.15) is 0 Å². The van der Waals surface area contributed by atoms with Crippen LogP contribution in [0.5, 0.6) is 0 Å². The molecule has 0 unspecified atom stereocenters. The van der Waals surface area contributed by atoms with Crippen LogP contribution >= 0.6 is 0 Å². The molecule has 1 amide bonds. The summed E-state index contributed by atoms with van der Waals surface area (Å²) in [4.78, 5) is 23.8. The number of pyridine rings is 2. The van der Waals surface area contributed by atoms with Crippen LogP contribution in [0, 0.1) is 6.92 Å². The van der Waals surface area contributed by atoms with Gasteiger partial charge in [0, 0.05) is 24.5 Å². The Hall–Kier alpha value is -3.05. The largest absolute Gasteiger partial charge is 0.321 e. The zero-order chi connectivity index (χ0) is 19.3. The highest BCUT2D eigenvalue weighted by atomic mass is 16.1. The number of amides is 1. The van der Waals surface area contributed by atoms with Gasteiger partial charge in [0.05, 0.1) is 23.6 Å². The SMILES string of the molecule is Cc1cncc(NC(=O)c2cccc(CN3CCC[C@H]3c3ccccn3)c2)c1. The Morgan fingerprint density at radius 2 is 2.11 bits per heavy atom. The molecule has 4 rings (SSSR count). The molecule has 5 nitrogen and oxygen atoms in total. The van der Waals surface area contributed by atoms with Crippen molar-refractivity contribution in [2.75, 3.05) is 11.9 Å². The van der Waals surface area contributed by atoms with E-state index in [9.17, 15) is 4.79 Å². The maximum absolute atomic E-state index is 12.6. The molecule has 28 heavy (non-hydrogen) atoms. The summed E-state index contributed by atoms with van der Waals surface area (Å²) in [6.07, 6.45) is 7.58. The second-order valence-electron chi connectivity index (χ2n) is 7.29. The second-order valence-corrected chi connectivity index (χ2v) is 7.29. The summed E-state index contributed by atoms with van der Waals surface area (Å²) in [5, 5.41) is 2.93. The van der Waals surface area contributed by atoms with Gasteiger partial charge >= 0.3 is 0 Å². The molecule has 5 heteroatoms. The maximum atomic E-state index is 12.6. The summed E-state index contributed by atoms with van der Waals surface area (Å²) >= 11 is 0. The van der Waals surface area contributed by atoms with Crippen LogP contribution in [0.3, 0.4) is 0 Å². The summed E-state index contributed by atoms with van der Waals surface area (Å²) in [5.41, 5.74) is 4.65. The van der Waals surface area contributed by atoms with Crippen LogP contribution in [-0.2, 0) is 6.54 Å². The smallest absolute Gasteiger partial charge is 0.255 e. The first-order chi connectivity index (χ1) is 13.7. The molecule has 3 heterocycles. The number of anilines is 1. The monoisotopic (exact) mass is 372 g/mol. The second kappa shape index (κ2) is 8.31. The predicted molar refractivity (Wildman–Crippen MR) is 110 cm³/mol. The summed E-state index contributed by atoms with van der Waals surface area (Å²) in [6.45, 7) is 3.82. The van der Waals surface area contributed by atoms with Crippen molar-refractivity contribution in [2.45, 2.75) is 32.4 Å². The fourth-order valence-electron chi connectivity index (χ4n) is 3.80. The maximum Gasteiger partial charge on any atom is 0.255 e. The number of carbonyl (C=O) groups excluding carboxylic acids is 1. The lowest BCUT2D eigenvalue weighted by molar-refractivity contribution is 0.102. The van der Waals surface area contributed by atoms with E-state index in [-0.39, 0.29) is 5.91 Å². The Morgan fingerprint density at radius 3 is 2.93 bits per heavy atom. The highest BCUT2D eigenvalue weighted by Gasteiger charge is 2.26. The third-order valence-electron chi connectivity index (χ3n) is 5.10. The Bertz CT molecular complexity index is 958. The van der Waals surface area contributed by atoms with Crippen molar-refractivity contribution in [3.05, 3.63) is 89.5 Å². The zero-order valence-corrected chi connectivity index (χ0v) is 16.0. The van der Waals surface area contributed by atoms with Crippen molar-refractivity contribution < 1.29 is 4.79 Å². The number of rotatable bonds is 5. The van der Waals surface area contributed by atoms with Crippen molar-refractivity contribution in [1.29, 1.82) is 0 Å². The Labute approximate surface area is 165 Å². The van der Waals surface area contributed by atoms with Crippen molar-refractivity contribution in [3.63, 3.8) is 0 Å². The number of nitrogens with zero attached hydrogens (tertiary/aromatic N) is 3.